The maximum absolute atomic E-state index is 12.0. The number of carbonyl (C=O) groups excluding carboxylic acids is 2. The number of aliphatic hydroxyl groups excluding tert-OH is 1. The van der Waals surface area contributed by atoms with Crippen molar-refractivity contribution in [3.63, 3.8) is 0 Å². The van der Waals surface area contributed by atoms with E-state index >= 15 is 0 Å². The number of hydrogen-bond donors (Lipinski definition) is 1. The van der Waals surface area contributed by atoms with Crippen LogP contribution in [-0.2, 0) is 14.3 Å². The highest BCUT2D eigenvalue weighted by Crippen LogP contribution is 2.54. The van der Waals surface area contributed by atoms with Gasteiger partial charge in [-0.15, -0.1) is 0 Å². The highest BCUT2D eigenvalue weighted by Gasteiger charge is 2.55. The van der Waals surface area contributed by atoms with Crippen molar-refractivity contribution < 1.29 is 19.4 Å². The van der Waals surface area contributed by atoms with Gasteiger partial charge in [0.2, 0.25) is 0 Å². The van der Waals surface area contributed by atoms with E-state index in [1.54, 1.807) is 0 Å². The summed E-state index contributed by atoms with van der Waals surface area (Å²) >= 11 is 0. The Morgan fingerprint density at radius 3 is 2.79 bits per heavy atom. The van der Waals surface area contributed by atoms with E-state index in [-0.39, 0.29) is 41.7 Å². The molecule has 1 saturated heterocycles. The Hall–Kier alpha value is -1.16. The molecule has 3 aliphatic rings. The Morgan fingerprint density at radius 1 is 1.37 bits per heavy atom. The Morgan fingerprint density at radius 2 is 2.11 bits per heavy atom. The lowest BCUT2D eigenvalue weighted by Gasteiger charge is -2.46. The maximum Gasteiger partial charge on any atom is 0.309 e. The van der Waals surface area contributed by atoms with Gasteiger partial charge in [-0.3, -0.25) is 9.59 Å². The summed E-state index contributed by atoms with van der Waals surface area (Å²) in [5.41, 5.74) is 1.31. The molecule has 4 nitrogen and oxygen atoms in total. The second-order valence-electron chi connectivity index (χ2n) is 6.25. The molecule has 104 valence electrons. The molecule has 1 aliphatic heterocycles. The molecular formula is C15H20O4. The summed E-state index contributed by atoms with van der Waals surface area (Å²) in [6, 6.07) is 0. The van der Waals surface area contributed by atoms with Crippen LogP contribution in [0.3, 0.4) is 0 Å². The second kappa shape index (κ2) is 4.17. The summed E-state index contributed by atoms with van der Waals surface area (Å²) in [7, 11) is 0. The molecule has 0 unspecified atom stereocenters. The third-order valence-corrected chi connectivity index (χ3v) is 5.41. The zero-order valence-electron chi connectivity index (χ0n) is 11.4. The van der Waals surface area contributed by atoms with Gasteiger partial charge in [0.15, 0.2) is 5.78 Å². The highest BCUT2D eigenvalue weighted by atomic mass is 16.6. The monoisotopic (exact) mass is 264 g/mol. The van der Waals surface area contributed by atoms with Crippen molar-refractivity contribution in [2.75, 3.05) is 6.61 Å². The third kappa shape index (κ3) is 1.62. The predicted octanol–water partition coefficient (Wildman–Crippen LogP) is 1.62. The molecule has 4 heteroatoms. The molecule has 0 aromatic heterocycles. The minimum absolute atomic E-state index is 0.0438. The highest BCUT2D eigenvalue weighted by molar-refractivity contribution is 5.97. The van der Waals surface area contributed by atoms with Gasteiger partial charge in [-0.1, -0.05) is 6.92 Å². The first kappa shape index (κ1) is 12.9. The van der Waals surface area contributed by atoms with Crippen LogP contribution in [0, 0.1) is 17.3 Å². The molecule has 0 aromatic rings. The summed E-state index contributed by atoms with van der Waals surface area (Å²) in [6.45, 7) is 3.77. The molecule has 4 atom stereocenters. The fourth-order valence-corrected chi connectivity index (χ4v) is 4.12. The van der Waals surface area contributed by atoms with E-state index in [1.165, 1.54) is 0 Å². The van der Waals surface area contributed by atoms with Crippen LogP contribution in [-0.4, -0.2) is 29.6 Å². The lowest BCUT2D eigenvalue weighted by Crippen LogP contribution is -2.45. The number of hydrogen-bond acceptors (Lipinski definition) is 4. The smallest absolute Gasteiger partial charge is 0.309 e. The van der Waals surface area contributed by atoms with E-state index in [0.717, 1.165) is 24.0 Å². The number of esters is 1. The fraction of sp³-hybridized carbons (Fsp3) is 0.733. The van der Waals surface area contributed by atoms with Gasteiger partial charge in [-0.2, -0.15) is 0 Å². The maximum atomic E-state index is 12.0. The molecule has 0 radical (unpaired) electrons. The van der Waals surface area contributed by atoms with Gasteiger partial charge in [-0.25, -0.2) is 0 Å². The zero-order chi connectivity index (χ0) is 13.8. The molecule has 1 saturated carbocycles. The summed E-state index contributed by atoms with van der Waals surface area (Å²) in [5, 5.41) is 9.85. The first-order valence-electron chi connectivity index (χ1n) is 7.06. The van der Waals surface area contributed by atoms with Crippen molar-refractivity contribution in [3.8, 4) is 0 Å². The molecule has 1 heterocycles. The SMILES string of the molecule is CC1=C2[C@@H]3OC(=O)[C@H](C)[C@@H]3CC[C@]2(CO)CCC1=O. The van der Waals surface area contributed by atoms with Gasteiger partial charge in [-0.05, 0) is 37.3 Å². The average Bonchev–Trinajstić information content (AvgIpc) is 2.69. The summed E-state index contributed by atoms with van der Waals surface area (Å²) in [4.78, 5) is 23.8. The number of carbonyl (C=O) groups is 2. The van der Waals surface area contributed by atoms with Crippen LogP contribution in [0.5, 0.6) is 0 Å². The van der Waals surface area contributed by atoms with Crippen LogP contribution in [0.25, 0.3) is 0 Å². The van der Waals surface area contributed by atoms with Crippen LogP contribution >= 0.6 is 0 Å². The van der Waals surface area contributed by atoms with Crippen LogP contribution in [0.1, 0.15) is 39.5 Å². The van der Waals surface area contributed by atoms with Crippen molar-refractivity contribution >= 4 is 11.8 Å². The van der Waals surface area contributed by atoms with E-state index in [0.29, 0.717) is 12.8 Å². The first-order valence-corrected chi connectivity index (χ1v) is 7.06. The van der Waals surface area contributed by atoms with Crippen molar-refractivity contribution in [1.82, 2.24) is 0 Å². The molecule has 3 rings (SSSR count). The fourth-order valence-electron chi connectivity index (χ4n) is 4.12. The number of rotatable bonds is 1. The zero-order valence-corrected chi connectivity index (χ0v) is 11.4. The molecular weight excluding hydrogens is 244 g/mol. The largest absolute Gasteiger partial charge is 0.457 e. The number of fused-ring (bicyclic) bond motifs is 3. The molecule has 0 amide bonds. The van der Waals surface area contributed by atoms with Crippen molar-refractivity contribution in [2.45, 2.75) is 45.6 Å². The predicted molar refractivity (Wildman–Crippen MR) is 68.2 cm³/mol. The van der Waals surface area contributed by atoms with Gasteiger partial charge in [0.1, 0.15) is 6.10 Å². The topological polar surface area (TPSA) is 63.6 Å². The van der Waals surface area contributed by atoms with Crippen molar-refractivity contribution in [3.05, 3.63) is 11.1 Å². The van der Waals surface area contributed by atoms with E-state index in [1.807, 2.05) is 13.8 Å². The molecule has 0 bridgehead atoms. The quantitative estimate of drug-likeness (QED) is 0.731. The molecule has 0 spiro atoms. The number of ether oxygens (including phenoxy) is 1. The van der Waals surface area contributed by atoms with Crippen LogP contribution in [0.2, 0.25) is 0 Å². The Balaban J connectivity index is 2.10. The van der Waals surface area contributed by atoms with Gasteiger partial charge in [0, 0.05) is 17.8 Å². The van der Waals surface area contributed by atoms with E-state index in [9.17, 15) is 14.7 Å². The molecule has 2 aliphatic carbocycles. The second-order valence-corrected chi connectivity index (χ2v) is 6.25. The summed E-state index contributed by atoms with van der Waals surface area (Å²) in [6.07, 6.45) is 2.64. The lowest BCUT2D eigenvalue weighted by molar-refractivity contribution is -0.143. The lowest BCUT2D eigenvalue weighted by atomic mass is 9.59. The summed E-state index contributed by atoms with van der Waals surface area (Å²) in [5.74, 6) is 0.0411. The van der Waals surface area contributed by atoms with Gasteiger partial charge < -0.3 is 9.84 Å². The Bertz CT molecular complexity index is 479. The number of ketones is 1. The normalized spacial score (nSPS) is 41.9. The van der Waals surface area contributed by atoms with Crippen LogP contribution in [0.4, 0.5) is 0 Å². The molecule has 19 heavy (non-hydrogen) atoms. The van der Waals surface area contributed by atoms with Crippen LogP contribution < -0.4 is 0 Å². The number of aliphatic hydroxyl groups is 1. The van der Waals surface area contributed by atoms with E-state index in [4.69, 9.17) is 4.74 Å². The van der Waals surface area contributed by atoms with Crippen LogP contribution in [0.15, 0.2) is 11.1 Å². The van der Waals surface area contributed by atoms with Gasteiger partial charge in [0.25, 0.3) is 0 Å². The number of allylic oxidation sites excluding steroid dienone is 1. The van der Waals surface area contributed by atoms with Gasteiger partial charge >= 0.3 is 5.97 Å². The number of Topliss-reactive ketones (excluding diaryl/α,β-unsaturated/α-hetero) is 1. The minimum Gasteiger partial charge on any atom is -0.457 e. The van der Waals surface area contributed by atoms with Crippen molar-refractivity contribution in [2.24, 2.45) is 17.3 Å². The van der Waals surface area contributed by atoms with E-state index < -0.39 is 0 Å². The molecule has 2 fully saturated rings. The summed E-state index contributed by atoms with van der Waals surface area (Å²) < 4.78 is 5.53. The van der Waals surface area contributed by atoms with Gasteiger partial charge in [0.05, 0.1) is 12.5 Å². The molecule has 0 aromatic carbocycles. The average molecular weight is 264 g/mol. The molecule has 1 N–H and O–H groups in total. The Labute approximate surface area is 112 Å². The Kier molecular flexibility index (Phi) is 2.82. The third-order valence-electron chi connectivity index (χ3n) is 5.41. The van der Waals surface area contributed by atoms with Crippen molar-refractivity contribution in [1.29, 1.82) is 0 Å². The first-order chi connectivity index (χ1) is 9.00. The minimum atomic E-state index is -0.330. The standard InChI is InChI=1S/C15H20O4/c1-8-10-3-5-15(7-16)6-4-11(17)9(2)12(15)13(10)19-14(8)18/h8,10,13,16H,3-7H2,1-2H3/t8-,10+,13-,15-/m1/s1. The van der Waals surface area contributed by atoms with E-state index in [2.05, 4.69) is 0 Å².